The summed E-state index contributed by atoms with van der Waals surface area (Å²) in [6, 6.07) is 25.2. The second-order valence-corrected chi connectivity index (χ2v) is 8.28. The van der Waals surface area contributed by atoms with Gasteiger partial charge in [0, 0.05) is 34.0 Å². The zero-order chi connectivity index (χ0) is 19.3. The standard InChI is InChI=1S/C26H23NO/c1-17-12-13-23-20(14-17)21(25(27-23)18-8-4-3-5-9-18)15-26(2)16-24(28)19-10-6-7-11-22(19)26/h3-14,27H,15-16H2,1-2H3/t26-/m0/s1. The third-order valence-electron chi connectivity index (χ3n) is 6.12. The van der Waals surface area contributed by atoms with Crippen LogP contribution in [-0.2, 0) is 11.8 Å². The molecule has 4 aromatic rings. The van der Waals surface area contributed by atoms with Crippen LogP contribution < -0.4 is 0 Å². The van der Waals surface area contributed by atoms with Crippen LogP contribution in [0.25, 0.3) is 22.2 Å². The summed E-state index contributed by atoms with van der Waals surface area (Å²) < 4.78 is 0. The van der Waals surface area contributed by atoms with Gasteiger partial charge in [0.2, 0.25) is 0 Å². The topological polar surface area (TPSA) is 32.9 Å². The first-order chi connectivity index (χ1) is 13.5. The van der Waals surface area contributed by atoms with Gasteiger partial charge in [-0.1, -0.05) is 73.2 Å². The van der Waals surface area contributed by atoms with Crippen LogP contribution >= 0.6 is 0 Å². The highest BCUT2D eigenvalue weighted by Crippen LogP contribution is 2.44. The van der Waals surface area contributed by atoms with Gasteiger partial charge in [-0.05, 0) is 42.2 Å². The van der Waals surface area contributed by atoms with Crippen molar-refractivity contribution in [3.05, 3.63) is 95.1 Å². The van der Waals surface area contributed by atoms with Gasteiger partial charge in [-0.3, -0.25) is 4.79 Å². The van der Waals surface area contributed by atoms with Crippen molar-refractivity contribution in [3.63, 3.8) is 0 Å². The van der Waals surface area contributed by atoms with Crippen molar-refractivity contribution in [2.75, 3.05) is 0 Å². The second-order valence-electron chi connectivity index (χ2n) is 8.28. The molecule has 0 bridgehead atoms. The molecule has 1 heterocycles. The van der Waals surface area contributed by atoms with Gasteiger partial charge in [0.05, 0.1) is 0 Å². The molecule has 1 N–H and O–H groups in total. The molecule has 0 radical (unpaired) electrons. The second kappa shape index (κ2) is 6.20. The summed E-state index contributed by atoms with van der Waals surface area (Å²) in [7, 11) is 0. The number of aromatic nitrogens is 1. The first-order valence-electron chi connectivity index (χ1n) is 9.84. The van der Waals surface area contributed by atoms with Gasteiger partial charge < -0.3 is 4.98 Å². The highest BCUT2D eigenvalue weighted by molar-refractivity contribution is 6.02. The molecule has 0 saturated carbocycles. The first kappa shape index (κ1) is 17.0. The third kappa shape index (κ3) is 2.60. The highest BCUT2D eigenvalue weighted by atomic mass is 16.1. The number of H-pyrrole nitrogens is 1. The molecule has 3 aromatic carbocycles. The lowest BCUT2D eigenvalue weighted by atomic mass is 9.77. The number of ketones is 1. The quantitative estimate of drug-likeness (QED) is 0.458. The van der Waals surface area contributed by atoms with Gasteiger partial charge in [0.25, 0.3) is 0 Å². The summed E-state index contributed by atoms with van der Waals surface area (Å²) in [4.78, 5) is 16.3. The SMILES string of the molecule is Cc1ccc2[nH]c(-c3ccccc3)c(C[C@@]3(C)CC(=O)c4ccccc43)c2c1. The molecular weight excluding hydrogens is 342 g/mol. The van der Waals surface area contributed by atoms with Gasteiger partial charge in [-0.15, -0.1) is 0 Å². The van der Waals surface area contributed by atoms with E-state index >= 15 is 0 Å². The molecule has 2 nitrogen and oxygen atoms in total. The number of benzene rings is 3. The number of nitrogens with one attached hydrogen (secondary N) is 1. The number of carbonyl (C=O) groups is 1. The monoisotopic (exact) mass is 365 g/mol. The minimum absolute atomic E-state index is 0.184. The Balaban J connectivity index is 1.71. The smallest absolute Gasteiger partial charge is 0.164 e. The zero-order valence-electron chi connectivity index (χ0n) is 16.3. The van der Waals surface area contributed by atoms with Gasteiger partial charge in [0.1, 0.15) is 0 Å². The number of hydrogen-bond acceptors (Lipinski definition) is 1. The number of hydrogen-bond donors (Lipinski definition) is 1. The first-order valence-corrected chi connectivity index (χ1v) is 9.84. The van der Waals surface area contributed by atoms with Crippen molar-refractivity contribution in [2.24, 2.45) is 0 Å². The van der Waals surface area contributed by atoms with E-state index in [9.17, 15) is 4.79 Å². The minimum atomic E-state index is -0.184. The Morgan fingerprint density at radius 3 is 2.54 bits per heavy atom. The summed E-state index contributed by atoms with van der Waals surface area (Å²) in [5.74, 6) is 0.260. The average Bonchev–Trinajstić information content (AvgIpc) is 3.18. The number of aromatic amines is 1. The van der Waals surface area contributed by atoms with E-state index in [0.717, 1.165) is 17.5 Å². The normalized spacial score (nSPS) is 18.6. The molecule has 1 aliphatic rings. The molecule has 0 amide bonds. The van der Waals surface area contributed by atoms with Crippen molar-refractivity contribution in [2.45, 2.75) is 32.1 Å². The van der Waals surface area contributed by atoms with Crippen LogP contribution in [0.3, 0.4) is 0 Å². The molecule has 0 unspecified atom stereocenters. The van der Waals surface area contributed by atoms with Crippen LogP contribution in [0.2, 0.25) is 0 Å². The molecule has 28 heavy (non-hydrogen) atoms. The predicted molar refractivity (Wildman–Crippen MR) is 115 cm³/mol. The fourth-order valence-corrected chi connectivity index (χ4v) is 4.74. The van der Waals surface area contributed by atoms with E-state index in [-0.39, 0.29) is 11.2 Å². The molecule has 0 saturated heterocycles. The van der Waals surface area contributed by atoms with Gasteiger partial charge in [0.15, 0.2) is 5.78 Å². The zero-order valence-corrected chi connectivity index (χ0v) is 16.3. The lowest BCUT2D eigenvalue weighted by molar-refractivity contribution is 0.0976. The van der Waals surface area contributed by atoms with E-state index in [1.165, 1.54) is 33.3 Å². The van der Waals surface area contributed by atoms with Crippen molar-refractivity contribution in [1.29, 1.82) is 0 Å². The maximum absolute atomic E-state index is 12.7. The number of carbonyl (C=O) groups excluding carboxylic acids is 1. The van der Waals surface area contributed by atoms with Gasteiger partial charge in [-0.25, -0.2) is 0 Å². The molecule has 5 rings (SSSR count). The minimum Gasteiger partial charge on any atom is -0.354 e. The van der Waals surface area contributed by atoms with Crippen LogP contribution in [0.1, 0.15) is 40.4 Å². The predicted octanol–water partition coefficient (Wildman–Crippen LogP) is 6.23. The third-order valence-corrected chi connectivity index (χ3v) is 6.12. The summed E-state index contributed by atoms with van der Waals surface area (Å²) in [5.41, 5.74) is 7.95. The average molecular weight is 365 g/mol. The molecule has 138 valence electrons. The fourth-order valence-electron chi connectivity index (χ4n) is 4.74. The Labute approximate surface area is 165 Å². The van der Waals surface area contributed by atoms with E-state index in [1.54, 1.807) is 0 Å². The summed E-state index contributed by atoms with van der Waals surface area (Å²) in [6.07, 6.45) is 1.41. The Morgan fingerprint density at radius 1 is 0.964 bits per heavy atom. The lowest BCUT2D eigenvalue weighted by Crippen LogP contribution is -2.22. The molecule has 1 aromatic heterocycles. The molecule has 0 aliphatic heterocycles. The number of rotatable bonds is 3. The fraction of sp³-hybridized carbons (Fsp3) is 0.192. The Bertz CT molecular complexity index is 1200. The molecule has 0 spiro atoms. The molecule has 2 heteroatoms. The highest BCUT2D eigenvalue weighted by Gasteiger charge is 2.40. The van der Waals surface area contributed by atoms with E-state index in [4.69, 9.17) is 0 Å². The summed E-state index contributed by atoms with van der Waals surface area (Å²) in [5, 5.41) is 1.26. The van der Waals surface area contributed by atoms with Crippen molar-refractivity contribution >= 4 is 16.7 Å². The van der Waals surface area contributed by atoms with Crippen LogP contribution in [-0.4, -0.2) is 10.8 Å². The summed E-state index contributed by atoms with van der Waals surface area (Å²) >= 11 is 0. The van der Waals surface area contributed by atoms with Crippen molar-refractivity contribution in [1.82, 2.24) is 4.98 Å². The van der Waals surface area contributed by atoms with E-state index < -0.39 is 0 Å². The van der Waals surface area contributed by atoms with Crippen molar-refractivity contribution in [3.8, 4) is 11.3 Å². The maximum atomic E-state index is 12.7. The van der Waals surface area contributed by atoms with Crippen LogP contribution in [0, 0.1) is 6.92 Å². The Morgan fingerprint density at radius 2 is 1.71 bits per heavy atom. The maximum Gasteiger partial charge on any atom is 0.164 e. The van der Waals surface area contributed by atoms with E-state index in [0.29, 0.717) is 6.42 Å². The van der Waals surface area contributed by atoms with Crippen LogP contribution in [0.5, 0.6) is 0 Å². The van der Waals surface area contributed by atoms with Gasteiger partial charge >= 0.3 is 0 Å². The number of Topliss-reactive ketones (excluding diaryl/α,β-unsaturated/α-hetero) is 1. The number of aryl methyl sites for hydroxylation is 1. The molecule has 1 atom stereocenters. The van der Waals surface area contributed by atoms with Crippen LogP contribution in [0.4, 0.5) is 0 Å². The summed E-state index contributed by atoms with van der Waals surface area (Å²) in [6.45, 7) is 4.37. The lowest BCUT2D eigenvalue weighted by Gasteiger charge is -2.25. The van der Waals surface area contributed by atoms with E-state index in [2.05, 4.69) is 67.4 Å². The molecular formula is C26H23NO. The Hall–Kier alpha value is -3.13. The molecule has 0 fully saturated rings. The Kier molecular flexibility index (Phi) is 3.77. The van der Waals surface area contributed by atoms with Crippen molar-refractivity contribution < 1.29 is 4.79 Å². The van der Waals surface area contributed by atoms with Gasteiger partial charge in [-0.2, -0.15) is 0 Å². The van der Waals surface area contributed by atoms with Crippen LogP contribution in [0.15, 0.2) is 72.8 Å². The van der Waals surface area contributed by atoms with E-state index in [1.807, 2.05) is 24.3 Å². The largest absolute Gasteiger partial charge is 0.354 e. The molecule has 1 aliphatic carbocycles. The number of fused-ring (bicyclic) bond motifs is 2.